The summed E-state index contributed by atoms with van der Waals surface area (Å²) in [6.45, 7) is 7.06. The SMILES string of the molecule is C=CCCC(=O)Nc1ccccc1NC(=O)[C@H](CC=C)NC(=O)O. The fourth-order valence-electron chi connectivity index (χ4n) is 1.91. The Kier molecular flexibility index (Phi) is 7.77. The molecule has 0 aliphatic heterocycles. The number of nitrogens with one attached hydrogen (secondary N) is 3. The number of amides is 3. The van der Waals surface area contributed by atoms with Crippen LogP contribution in [0, 0.1) is 0 Å². The maximum absolute atomic E-state index is 12.2. The topological polar surface area (TPSA) is 108 Å². The molecule has 7 heteroatoms. The van der Waals surface area contributed by atoms with Gasteiger partial charge in [-0.2, -0.15) is 0 Å². The van der Waals surface area contributed by atoms with E-state index in [-0.39, 0.29) is 18.7 Å². The van der Waals surface area contributed by atoms with Gasteiger partial charge in [0.05, 0.1) is 11.4 Å². The highest BCUT2D eigenvalue weighted by molar-refractivity contribution is 6.02. The second-order valence-electron chi connectivity index (χ2n) is 4.94. The van der Waals surface area contributed by atoms with Gasteiger partial charge in [-0.3, -0.25) is 9.59 Å². The summed E-state index contributed by atoms with van der Waals surface area (Å²) in [6, 6.07) is 5.71. The van der Waals surface area contributed by atoms with Crippen molar-refractivity contribution in [1.29, 1.82) is 0 Å². The number of hydrogen-bond acceptors (Lipinski definition) is 3. The molecule has 0 aromatic heterocycles. The van der Waals surface area contributed by atoms with Gasteiger partial charge in [-0.1, -0.05) is 24.3 Å². The first-order chi connectivity index (χ1) is 11.5. The largest absolute Gasteiger partial charge is 0.465 e. The molecule has 0 fully saturated rings. The van der Waals surface area contributed by atoms with E-state index in [0.29, 0.717) is 17.8 Å². The first-order valence-electron chi connectivity index (χ1n) is 7.39. The molecule has 1 rings (SSSR count). The summed E-state index contributed by atoms with van der Waals surface area (Å²) < 4.78 is 0. The molecule has 0 spiro atoms. The Morgan fingerprint density at radius 3 is 2.25 bits per heavy atom. The molecular weight excluding hydrogens is 310 g/mol. The van der Waals surface area contributed by atoms with Crippen LogP contribution >= 0.6 is 0 Å². The molecule has 0 aliphatic carbocycles. The molecule has 0 unspecified atom stereocenters. The van der Waals surface area contributed by atoms with E-state index in [2.05, 4.69) is 29.1 Å². The van der Waals surface area contributed by atoms with Gasteiger partial charge in [0, 0.05) is 6.42 Å². The first kappa shape index (κ1) is 19.0. The van der Waals surface area contributed by atoms with Crippen LogP contribution in [0.25, 0.3) is 0 Å². The lowest BCUT2D eigenvalue weighted by Gasteiger charge is -2.17. The third-order valence-corrected chi connectivity index (χ3v) is 3.05. The smallest absolute Gasteiger partial charge is 0.405 e. The lowest BCUT2D eigenvalue weighted by atomic mass is 10.1. The second-order valence-corrected chi connectivity index (χ2v) is 4.94. The number of hydrogen-bond donors (Lipinski definition) is 4. The van der Waals surface area contributed by atoms with Crippen molar-refractivity contribution < 1.29 is 19.5 Å². The number of rotatable bonds is 9. The Labute approximate surface area is 140 Å². The molecule has 0 saturated carbocycles. The van der Waals surface area contributed by atoms with E-state index in [1.54, 1.807) is 30.3 Å². The average Bonchev–Trinajstić information content (AvgIpc) is 2.54. The quantitative estimate of drug-likeness (QED) is 0.522. The molecule has 1 aromatic carbocycles. The normalized spacial score (nSPS) is 11.0. The fourth-order valence-corrected chi connectivity index (χ4v) is 1.91. The Balaban J connectivity index is 2.84. The second kappa shape index (κ2) is 9.83. The zero-order valence-electron chi connectivity index (χ0n) is 13.2. The van der Waals surface area contributed by atoms with Crippen LogP contribution in [0.1, 0.15) is 19.3 Å². The van der Waals surface area contributed by atoms with Crippen molar-refractivity contribution in [3.05, 3.63) is 49.6 Å². The summed E-state index contributed by atoms with van der Waals surface area (Å²) in [6.07, 6.45) is 2.76. The molecule has 24 heavy (non-hydrogen) atoms. The van der Waals surface area contributed by atoms with Crippen molar-refractivity contribution in [3.8, 4) is 0 Å². The van der Waals surface area contributed by atoms with Crippen LogP contribution in [-0.2, 0) is 9.59 Å². The molecule has 0 radical (unpaired) electrons. The van der Waals surface area contributed by atoms with Crippen molar-refractivity contribution in [2.24, 2.45) is 0 Å². The third-order valence-electron chi connectivity index (χ3n) is 3.05. The number of allylic oxidation sites excluding steroid dienone is 1. The lowest BCUT2D eigenvalue weighted by Crippen LogP contribution is -2.42. The Bertz CT molecular complexity index is 628. The van der Waals surface area contributed by atoms with Gasteiger partial charge in [0.2, 0.25) is 11.8 Å². The van der Waals surface area contributed by atoms with Gasteiger partial charge in [0.15, 0.2) is 0 Å². The van der Waals surface area contributed by atoms with Gasteiger partial charge in [-0.15, -0.1) is 13.2 Å². The van der Waals surface area contributed by atoms with Crippen LogP contribution in [0.2, 0.25) is 0 Å². The van der Waals surface area contributed by atoms with Gasteiger partial charge in [0.1, 0.15) is 6.04 Å². The van der Waals surface area contributed by atoms with E-state index >= 15 is 0 Å². The average molecular weight is 331 g/mol. The summed E-state index contributed by atoms with van der Waals surface area (Å²) in [5, 5.41) is 16.2. The zero-order valence-corrected chi connectivity index (χ0v) is 13.2. The van der Waals surface area contributed by atoms with Gasteiger partial charge in [-0.25, -0.2) is 4.79 Å². The number of carbonyl (C=O) groups is 3. The molecule has 1 aromatic rings. The minimum Gasteiger partial charge on any atom is -0.465 e. The van der Waals surface area contributed by atoms with Crippen LogP contribution in [0.4, 0.5) is 16.2 Å². The van der Waals surface area contributed by atoms with Crippen LogP contribution in [0.3, 0.4) is 0 Å². The Hall–Kier alpha value is -3.09. The summed E-state index contributed by atoms with van der Waals surface area (Å²) in [4.78, 5) is 34.8. The molecule has 0 heterocycles. The van der Waals surface area contributed by atoms with E-state index in [1.807, 2.05) is 0 Å². The number of benzene rings is 1. The van der Waals surface area contributed by atoms with Crippen molar-refractivity contribution in [3.63, 3.8) is 0 Å². The third kappa shape index (κ3) is 6.35. The number of carbonyl (C=O) groups excluding carboxylic acids is 2. The van der Waals surface area contributed by atoms with Crippen molar-refractivity contribution in [2.75, 3.05) is 10.6 Å². The van der Waals surface area contributed by atoms with E-state index < -0.39 is 18.0 Å². The van der Waals surface area contributed by atoms with Gasteiger partial charge in [0.25, 0.3) is 0 Å². The highest BCUT2D eigenvalue weighted by atomic mass is 16.4. The summed E-state index contributed by atoms with van der Waals surface area (Å²) in [5.74, 6) is -0.743. The van der Waals surface area contributed by atoms with Crippen LogP contribution in [0.15, 0.2) is 49.6 Å². The van der Waals surface area contributed by atoms with Gasteiger partial charge >= 0.3 is 6.09 Å². The summed E-state index contributed by atoms with van der Waals surface area (Å²) in [7, 11) is 0. The molecule has 128 valence electrons. The van der Waals surface area contributed by atoms with Crippen molar-refractivity contribution in [2.45, 2.75) is 25.3 Å². The standard InChI is InChI=1S/C17H21N3O4/c1-3-5-11-15(21)18-12-9-6-7-10-13(12)19-16(22)14(8-4-2)20-17(23)24/h3-4,6-7,9-10,14,20H,1-2,5,8,11H2,(H,18,21)(H,19,22)(H,23,24)/t14-/m0/s1. The minimum absolute atomic E-state index is 0.145. The van der Waals surface area contributed by atoms with E-state index in [1.165, 1.54) is 6.08 Å². The highest BCUT2D eigenvalue weighted by Gasteiger charge is 2.20. The molecule has 3 amide bonds. The number of para-hydroxylation sites is 2. The van der Waals surface area contributed by atoms with Crippen molar-refractivity contribution >= 4 is 29.3 Å². The van der Waals surface area contributed by atoms with Crippen molar-refractivity contribution in [1.82, 2.24) is 5.32 Å². The fraction of sp³-hybridized carbons (Fsp3) is 0.235. The summed E-state index contributed by atoms with van der Waals surface area (Å²) >= 11 is 0. The van der Waals surface area contributed by atoms with Crippen LogP contribution in [0.5, 0.6) is 0 Å². The van der Waals surface area contributed by atoms with E-state index in [0.717, 1.165) is 0 Å². The van der Waals surface area contributed by atoms with Crippen LogP contribution < -0.4 is 16.0 Å². The maximum Gasteiger partial charge on any atom is 0.405 e. The predicted molar refractivity (Wildman–Crippen MR) is 92.9 cm³/mol. The number of anilines is 2. The summed E-state index contributed by atoms with van der Waals surface area (Å²) in [5.41, 5.74) is 0.822. The first-order valence-corrected chi connectivity index (χ1v) is 7.39. The molecule has 1 atom stereocenters. The monoisotopic (exact) mass is 331 g/mol. The predicted octanol–water partition coefficient (Wildman–Crippen LogP) is 2.74. The Morgan fingerprint density at radius 2 is 1.71 bits per heavy atom. The molecule has 4 N–H and O–H groups in total. The molecule has 7 nitrogen and oxygen atoms in total. The van der Waals surface area contributed by atoms with E-state index in [4.69, 9.17) is 5.11 Å². The van der Waals surface area contributed by atoms with Crippen LogP contribution in [-0.4, -0.2) is 29.1 Å². The van der Waals surface area contributed by atoms with Gasteiger partial charge in [-0.05, 0) is 25.0 Å². The molecule has 0 bridgehead atoms. The van der Waals surface area contributed by atoms with E-state index in [9.17, 15) is 14.4 Å². The Morgan fingerprint density at radius 1 is 1.08 bits per heavy atom. The zero-order chi connectivity index (χ0) is 17.9. The molecular formula is C17H21N3O4. The molecule has 0 saturated heterocycles. The highest BCUT2D eigenvalue weighted by Crippen LogP contribution is 2.21. The number of carboxylic acid groups (broad SMARTS) is 1. The lowest BCUT2D eigenvalue weighted by molar-refractivity contribution is -0.118. The maximum atomic E-state index is 12.2. The molecule has 0 aliphatic rings. The van der Waals surface area contributed by atoms with Gasteiger partial charge < -0.3 is 21.1 Å². The minimum atomic E-state index is -1.30.